The summed E-state index contributed by atoms with van der Waals surface area (Å²) in [5.41, 5.74) is 1.46. The van der Waals surface area contributed by atoms with Gasteiger partial charge >= 0.3 is 0 Å². The van der Waals surface area contributed by atoms with Gasteiger partial charge in [0.1, 0.15) is 5.82 Å². The van der Waals surface area contributed by atoms with Gasteiger partial charge in [-0.25, -0.2) is 4.98 Å². The van der Waals surface area contributed by atoms with Crippen LogP contribution in [-0.2, 0) is 13.0 Å². The molecule has 0 amide bonds. The first-order valence-electron chi connectivity index (χ1n) is 6.92. The molecule has 4 heteroatoms. The van der Waals surface area contributed by atoms with Crippen molar-refractivity contribution in [3.05, 3.63) is 28.5 Å². The van der Waals surface area contributed by atoms with Crippen molar-refractivity contribution in [3.8, 4) is 0 Å². The summed E-state index contributed by atoms with van der Waals surface area (Å²) in [5.74, 6) is 1.03. The van der Waals surface area contributed by atoms with E-state index in [1.165, 1.54) is 0 Å². The third-order valence-electron chi connectivity index (χ3n) is 3.02. The molecule has 0 atom stereocenters. The van der Waals surface area contributed by atoms with Crippen LogP contribution in [0, 0.1) is 5.41 Å². The van der Waals surface area contributed by atoms with Crippen LogP contribution in [0.4, 0.5) is 0 Å². The smallest absolute Gasteiger partial charge is 0.110 e. The number of hydrogen-bond acceptors (Lipinski definition) is 2. The lowest BCUT2D eigenvalue weighted by atomic mass is 9.92. The molecule has 1 aromatic carbocycles. The molecule has 2 rings (SSSR count). The zero-order valence-electron chi connectivity index (χ0n) is 12.9. The highest BCUT2D eigenvalue weighted by atomic mass is 79.9. The molecule has 1 aromatic heterocycles. The molecule has 0 saturated heterocycles. The molecule has 3 nitrogen and oxygen atoms in total. The van der Waals surface area contributed by atoms with Crippen molar-refractivity contribution in [2.24, 2.45) is 5.41 Å². The highest BCUT2D eigenvalue weighted by molar-refractivity contribution is 9.10. The number of nitrogens with zero attached hydrogens (tertiary/aromatic N) is 2. The van der Waals surface area contributed by atoms with Crippen molar-refractivity contribution in [2.45, 2.75) is 53.2 Å². The molecule has 0 fully saturated rings. The van der Waals surface area contributed by atoms with E-state index >= 15 is 0 Å². The van der Waals surface area contributed by atoms with Gasteiger partial charge in [-0.2, -0.15) is 0 Å². The number of halogens is 1. The Balaban J connectivity index is 2.56. The van der Waals surface area contributed by atoms with E-state index in [1.807, 2.05) is 26.0 Å². The summed E-state index contributed by atoms with van der Waals surface area (Å²) >= 11 is 3.49. The molecular weight excluding hydrogens is 316 g/mol. The Kier molecular flexibility index (Phi) is 4.00. The lowest BCUT2D eigenvalue weighted by molar-refractivity contribution is 0.0614. The zero-order chi connectivity index (χ0) is 15.1. The van der Waals surface area contributed by atoms with Gasteiger partial charge in [0.2, 0.25) is 0 Å². The molecule has 0 aliphatic rings. The van der Waals surface area contributed by atoms with E-state index in [0.717, 1.165) is 27.8 Å². The van der Waals surface area contributed by atoms with Crippen molar-refractivity contribution in [1.82, 2.24) is 9.55 Å². The van der Waals surface area contributed by atoms with E-state index in [-0.39, 0.29) is 5.41 Å². The standard InChI is InChI=1S/C16H23BrN2O/c1-15(2,3)9-14-18-12-8-11(17)6-7-13(12)19(14)10-16(4,5)20/h6-8,20H,9-10H2,1-5H3. The van der Waals surface area contributed by atoms with Crippen molar-refractivity contribution < 1.29 is 5.11 Å². The van der Waals surface area contributed by atoms with Crippen LogP contribution < -0.4 is 0 Å². The lowest BCUT2D eigenvalue weighted by Gasteiger charge is -2.23. The Morgan fingerprint density at radius 3 is 2.40 bits per heavy atom. The first kappa shape index (κ1) is 15.5. The molecule has 2 aromatic rings. The second kappa shape index (κ2) is 5.15. The molecule has 1 N–H and O–H groups in total. The average molecular weight is 339 g/mol. The summed E-state index contributed by atoms with van der Waals surface area (Å²) in [6.45, 7) is 10.8. The van der Waals surface area contributed by atoms with E-state index in [0.29, 0.717) is 6.54 Å². The van der Waals surface area contributed by atoms with E-state index in [9.17, 15) is 5.11 Å². The molecule has 0 aliphatic carbocycles. The molecule has 1 heterocycles. The molecule has 0 radical (unpaired) electrons. The molecule has 0 bridgehead atoms. The summed E-state index contributed by atoms with van der Waals surface area (Å²) < 4.78 is 3.17. The van der Waals surface area contributed by atoms with Gasteiger partial charge in [-0.3, -0.25) is 0 Å². The Hall–Kier alpha value is -0.870. The van der Waals surface area contributed by atoms with E-state index in [1.54, 1.807) is 0 Å². The Morgan fingerprint density at radius 1 is 1.20 bits per heavy atom. The maximum absolute atomic E-state index is 10.2. The monoisotopic (exact) mass is 338 g/mol. The number of rotatable bonds is 3. The predicted octanol–water partition coefficient (Wildman–Crippen LogP) is 4.16. The Bertz CT molecular complexity index is 618. The predicted molar refractivity (Wildman–Crippen MR) is 86.9 cm³/mol. The topological polar surface area (TPSA) is 38.0 Å². The van der Waals surface area contributed by atoms with E-state index in [4.69, 9.17) is 4.98 Å². The minimum atomic E-state index is -0.757. The van der Waals surface area contributed by atoms with Gasteiger partial charge in [0.05, 0.1) is 23.2 Å². The van der Waals surface area contributed by atoms with Crippen LogP contribution in [0.15, 0.2) is 22.7 Å². The second-order valence-electron chi connectivity index (χ2n) is 7.30. The van der Waals surface area contributed by atoms with Crippen molar-refractivity contribution in [1.29, 1.82) is 0 Å². The molecule has 0 spiro atoms. The van der Waals surface area contributed by atoms with Crippen molar-refractivity contribution >= 4 is 27.0 Å². The fourth-order valence-electron chi connectivity index (χ4n) is 2.33. The summed E-state index contributed by atoms with van der Waals surface area (Å²) in [5, 5.41) is 10.2. The van der Waals surface area contributed by atoms with Gasteiger partial charge in [-0.1, -0.05) is 36.7 Å². The Labute approximate surface area is 129 Å². The largest absolute Gasteiger partial charge is 0.389 e. The van der Waals surface area contributed by atoms with E-state index in [2.05, 4.69) is 47.3 Å². The van der Waals surface area contributed by atoms with Crippen molar-refractivity contribution in [2.75, 3.05) is 0 Å². The van der Waals surface area contributed by atoms with Crippen LogP contribution in [0.5, 0.6) is 0 Å². The van der Waals surface area contributed by atoms with Gasteiger partial charge in [-0.05, 0) is 37.5 Å². The highest BCUT2D eigenvalue weighted by Gasteiger charge is 2.22. The van der Waals surface area contributed by atoms with Gasteiger partial charge in [0.15, 0.2) is 0 Å². The highest BCUT2D eigenvalue weighted by Crippen LogP contribution is 2.27. The Morgan fingerprint density at radius 2 is 1.85 bits per heavy atom. The quantitative estimate of drug-likeness (QED) is 0.912. The number of aliphatic hydroxyl groups is 1. The lowest BCUT2D eigenvalue weighted by Crippen LogP contribution is -2.28. The number of aromatic nitrogens is 2. The summed E-state index contributed by atoms with van der Waals surface area (Å²) in [6.07, 6.45) is 0.884. The fourth-order valence-corrected chi connectivity index (χ4v) is 2.67. The van der Waals surface area contributed by atoms with Gasteiger partial charge in [0, 0.05) is 10.9 Å². The summed E-state index contributed by atoms with van der Waals surface area (Å²) in [6, 6.07) is 6.11. The van der Waals surface area contributed by atoms with Gasteiger partial charge in [0.25, 0.3) is 0 Å². The second-order valence-corrected chi connectivity index (χ2v) is 8.21. The van der Waals surface area contributed by atoms with Crippen LogP contribution >= 0.6 is 15.9 Å². The molecule has 0 unspecified atom stereocenters. The summed E-state index contributed by atoms with van der Waals surface area (Å²) in [7, 11) is 0. The normalized spacial score (nSPS) is 13.2. The molecule has 110 valence electrons. The third-order valence-corrected chi connectivity index (χ3v) is 3.52. The molecular formula is C16H23BrN2O. The maximum atomic E-state index is 10.2. The summed E-state index contributed by atoms with van der Waals surface area (Å²) in [4.78, 5) is 4.76. The van der Waals surface area contributed by atoms with E-state index < -0.39 is 5.60 Å². The van der Waals surface area contributed by atoms with Gasteiger partial charge in [-0.15, -0.1) is 0 Å². The minimum Gasteiger partial charge on any atom is -0.389 e. The minimum absolute atomic E-state index is 0.163. The van der Waals surface area contributed by atoms with Crippen LogP contribution in [0.2, 0.25) is 0 Å². The van der Waals surface area contributed by atoms with Gasteiger partial charge < -0.3 is 9.67 Å². The van der Waals surface area contributed by atoms with Crippen LogP contribution in [-0.4, -0.2) is 20.3 Å². The zero-order valence-corrected chi connectivity index (χ0v) is 14.5. The number of benzene rings is 1. The van der Waals surface area contributed by atoms with Crippen LogP contribution in [0.3, 0.4) is 0 Å². The van der Waals surface area contributed by atoms with Crippen LogP contribution in [0.1, 0.15) is 40.4 Å². The first-order valence-corrected chi connectivity index (χ1v) is 7.71. The molecule has 0 saturated carbocycles. The SMILES string of the molecule is CC(C)(C)Cc1nc2cc(Br)ccc2n1CC(C)(C)O. The van der Waals surface area contributed by atoms with Crippen LogP contribution in [0.25, 0.3) is 11.0 Å². The molecule has 0 aliphatic heterocycles. The fraction of sp³-hybridized carbons (Fsp3) is 0.562. The third kappa shape index (κ3) is 3.83. The maximum Gasteiger partial charge on any atom is 0.110 e. The number of imidazole rings is 1. The number of hydrogen-bond donors (Lipinski definition) is 1. The number of fused-ring (bicyclic) bond motifs is 1. The average Bonchev–Trinajstić information content (AvgIpc) is 2.51. The molecule has 20 heavy (non-hydrogen) atoms. The van der Waals surface area contributed by atoms with Crippen molar-refractivity contribution in [3.63, 3.8) is 0 Å². The first-order chi connectivity index (χ1) is 9.05.